The Labute approximate surface area is 133 Å². The fourth-order valence-corrected chi connectivity index (χ4v) is 2.03. The van der Waals surface area contributed by atoms with E-state index in [-0.39, 0.29) is 0 Å². The van der Waals surface area contributed by atoms with Gasteiger partial charge in [-0.2, -0.15) is 5.10 Å². The molecule has 2 N–H and O–H groups in total. The molecule has 0 heterocycles. The Morgan fingerprint density at radius 2 is 2.09 bits per heavy atom. The summed E-state index contributed by atoms with van der Waals surface area (Å²) in [5.41, 5.74) is 2.68. The van der Waals surface area contributed by atoms with Crippen LogP contribution in [0.25, 0.3) is 0 Å². The first-order valence-electron chi connectivity index (χ1n) is 6.04. The van der Waals surface area contributed by atoms with Crippen molar-refractivity contribution in [1.82, 2.24) is 5.43 Å². The molecular formula is C14H10BrN3O4. The van der Waals surface area contributed by atoms with E-state index in [0.29, 0.717) is 11.1 Å². The van der Waals surface area contributed by atoms with Gasteiger partial charge in [0, 0.05) is 21.7 Å². The maximum Gasteiger partial charge on any atom is 0.311 e. The number of amides is 1. The molecule has 0 spiro atoms. The molecule has 7 nitrogen and oxygen atoms in total. The number of nitro benzene ring substituents is 1. The number of aromatic hydroxyl groups is 1. The number of nitrogens with zero attached hydrogens (tertiary/aromatic N) is 2. The van der Waals surface area contributed by atoms with E-state index >= 15 is 0 Å². The molecule has 0 saturated carbocycles. The average Bonchev–Trinajstić information content (AvgIpc) is 2.48. The van der Waals surface area contributed by atoms with E-state index in [1.165, 1.54) is 18.3 Å². The number of phenols is 1. The molecule has 112 valence electrons. The number of phenolic OH excluding ortho intramolecular Hbond substituents is 1. The van der Waals surface area contributed by atoms with Gasteiger partial charge in [0.1, 0.15) is 0 Å². The Balaban J connectivity index is 2.08. The van der Waals surface area contributed by atoms with Gasteiger partial charge in [0.15, 0.2) is 5.75 Å². The van der Waals surface area contributed by atoms with Crippen LogP contribution in [0.15, 0.2) is 52.0 Å². The fraction of sp³-hybridized carbons (Fsp3) is 0. The first-order valence-corrected chi connectivity index (χ1v) is 6.83. The van der Waals surface area contributed by atoms with Crippen LogP contribution in [0.5, 0.6) is 5.75 Å². The summed E-state index contributed by atoms with van der Waals surface area (Å²) in [5, 5.41) is 23.8. The molecular weight excluding hydrogens is 354 g/mol. The van der Waals surface area contributed by atoms with Gasteiger partial charge in [-0.3, -0.25) is 14.9 Å². The fourth-order valence-electron chi connectivity index (χ4n) is 1.63. The Kier molecular flexibility index (Phi) is 4.84. The third kappa shape index (κ3) is 3.89. The van der Waals surface area contributed by atoms with Crippen LogP contribution in [0.1, 0.15) is 15.9 Å². The van der Waals surface area contributed by atoms with Gasteiger partial charge in [-0.05, 0) is 30.3 Å². The Hall–Kier alpha value is -2.74. The molecule has 0 saturated heterocycles. The Bertz CT molecular complexity index is 762. The Morgan fingerprint density at radius 3 is 2.77 bits per heavy atom. The van der Waals surface area contributed by atoms with Crippen LogP contribution < -0.4 is 5.43 Å². The quantitative estimate of drug-likeness (QED) is 0.494. The highest BCUT2D eigenvalue weighted by Crippen LogP contribution is 2.25. The zero-order chi connectivity index (χ0) is 16.1. The number of carbonyl (C=O) groups excluding carboxylic acids is 1. The van der Waals surface area contributed by atoms with Crippen LogP contribution in [-0.4, -0.2) is 22.2 Å². The van der Waals surface area contributed by atoms with E-state index in [2.05, 4.69) is 26.5 Å². The molecule has 0 unspecified atom stereocenters. The van der Waals surface area contributed by atoms with Gasteiger partial charge in [0.05, 0.1) is 11.1 Å². The molecule has 0 radical (unpaired) electrons. The summed E-state index contributed by atoms with van der Waals surface area (Å²) in [5.74, 6) is -0.842. The molecule has 0 aliphatic rings. The van der Waals surface area contributed by atoms with Gasteiger partial charge in [0.25, 0.3) is 5.91 Å². The molecule has 0 aliphatic carbocycles. The SMILES string of the molecule is O=C(N/N=C\c1ccc(O)c([N+](=O)[O-])c1)c1cccc(Br)c1. The lowest BCUT2D eigenvalue weighted by Crippen LogP contribution is -2.17. The summed E-state index contributed by atoms with van der Waals surface area (Å²) in [6.07, 6.45) is 1.25. The highest BCUT2D eigenvalue weighted by molar-refractivity contribution is 9.10. The van der Waals surface area contributed by atoms with Gasteiger partial charge in [-0.25, -0.2) is 5.43 Å². The molecule has 2 rings (SSSR count). The first-order chi connectivity index (χ1) is 10.5. The van der Waals surface area contributed by atoms with Gasteiger partial charge in [-0.1, -0.05) is 22.0 Å². The highest BCUT2D eigenvalue weighted by Gasteiger charge is 2.12. The number of benzene rings is 2. The molecule has 0 fully saturated rings. The predicted molar refractivity (Wildman–Crippen MR) is 84.0 cm³/mol. The molecule has 0 bridgehead atoms. The number of nitro groups is 1. The van der Waals surface area contributed by atoms with Crippen molar-refractivity contribution >= 4 is 33.7 Å². The zero-order valence-electron chi connectivity index (χ0n) is 11.1. The molecule has 22 heavy (non-hydrogen) atoms. The maximum atomic E-state index is 11.8. The second-order valence-electron chi connectivity index (χ2n) is 4.21. The van der Waals surface area contributed by atoms with E-state index in [9.17, 15) is 20.0 Å². The van der Waals surface area contributed by atoms with Crippen LogP contribution >= 0.6 is 15.9 Å². The standard InChI is InChI=1S/C14H10BrN3O4/c15-11-3-1-2-10(7-11)14(20)17-16-8-9-4-5-13(19)12(6-9)18(21)22/h1-8,19H,(H,17,20)/b16-8-. The first kappa shape index (κ1) is 15.6. The largest absolute Gasteiger partial charge is 0.502 e. The van der Waals surface area contributed by atoms with Crippen molar-refractivity contribution in [2.75, 3.05) is 0 Å². The summed E-state index contributed by atoms with van der Waals surface area (Å²) in [4.78, 5) is 21.8. The smallest absolute Gasteiger partial charge is 0.311 e. The third-order valence-electron chi connectivity index (χ3n) is 2.66. The van der Waals surface area contributed by atoms with E-state index in [0.717, 1.165) is 10.5 Å². The minimum Gasteiger partial charge on any atom is -0.502 e. The van der Waals surface area contributed by atoms with Crippen LogP contribution in [0.2, 0.25) is 0 Å². The summed E-state index contributed by atoms with van der Waals surface area (Å²) in [6.45, 7) is 0. The monoisotopic (exact) mass is 363 g/mol. The van der Waals surface area contributed by atoms with Crippen LogP contribution in [0, 0.1) is 10.1 Å². The third-order valence-corrected chi connectivity index (χ3v) is 3.16. The second kappa shape index (κ2) is 6.81. The molecule has 0 aromatic heterocycles. The van der Waals surface area contributed by atoms with Crippen LogP contribution in [-0.2, 0) is 0 Å². The van der Waals surface area contributed by atoms with Gasteiger partial charge in [0.2, 0.25) is 0 Å². The van der Waals surface area contributed by atoms with Crippen LogP contribution in [0.3, 0.4) is 0 Å². The van der Waals surface area contributed by atoms with Crippen LogP contribution in [0.4, 0.5) is 5.69 Å². The normalized spacial score (nSPS) is 10.6. The summed E-state index contributed by atoms with van der Waals surface area (Å²) >= 11 is 3.26. The number of hydrazone groups is 1. The van der Waals surface area contributed by atoms with E-state index in [4.69, 9.17) is 0 Å². The lowest BCUT2D eigenvalue weighted by Gasteiger charge is -2.00. The molecule has 0 aliphatic heterocycles. The zero-order valence-corrected chi connectivity index (χ0v) is 12.6. The minimum atomic E-state index is -0.702. The number of hydrogen-bond donors (Lipinski definition) is 2. The van der Waals surface area contributed by atoms with E-state index in [1.54, 1.807) is 24.3 Å². The van der Waals surface area contributed by atoms with Crippen molar-refractivity contribution in [3.8, 4) is 5.75 Å². The minimum absolute atomic E-state index is 0.374. The van der Waals surface area contributed by atoms with Crippen molar-refractivity contribution in [2.24, 2.45) is 5.10 Å². The summed E-state index contributed by atoms with van der Waals surface area (Å²) in [7, 11) is 0. The van der Waals surface area contributed by atoms with Crippen molar-refractivity contribution < 1.29 is 14.8 Å². The number of hydrogen-bond acceptors (Lipinski definition) is 5. The predicted octanol–water partition coefficient (Wildman–Crippen LogP) is 2.83. The van der Waals surface area contributed by atoms with E-state index in [1.807, 2.05) is 0 Å². The molecule has 8 heteroatoms. The van der Waals surface area contributed by atoms with Gasteiger partial charge < -0.3 is 5.11 Å². The van der Waals surface area contributed by atoms with Crippen molar-refractivity contribution in [1.29, 1.82) is 0 Å². The topological polar surface area (TPSA) is 105 Å². The molecule has 2 aromatic carbocycles. The Morgan fingerprint density at radius 1 is 1.32 bits per heavy atom. The van der Waals surface area contributed by atoms with Crippen molar-refractivity contribution in [3.63, 3.8) is 0 Å². The maximum absolute atomic E-state index is 11.8. The lowest BCUT2D eigenvalue weighted by atomic mass is 10.2. The second-order valence-corrected chi connectivity index (χ2v) is 5.13. The van der Waals surface area contributed by atoms with E-state index < -0.39 is 22.3 Å². The lowest BCUT2D eigenvalue weighted by molar-refractivity contribution is -0.385. The number of carbonyl (C=O) groups is 1. The van der Waals surface area contributed by atoms with Gasteiger partial charge >= 0.3 is 5.69 Å². The number of halogens is 1. The highest BCUT2D eigenvalue weighted by atomic mass is 79.9. The van der Waals surface area contributed by atoms with Crippen molar-refractivity contribution in [3.05, 3.63) is 68.2 Å². The summed E-state index contributed by atoms with van der Waals surface area (Å²) < 4.78 is 0.762. The number of nitrogens with one attached hydrogen (secondary N) is 1. The molecule has 0 atom stereocenters. The molecule has 1 amide bonds. The summed E-state index contributed by atoms with van der Waals surface area (Å²) in [6, 6.07) is 10.6. The number of rotatable bonds is 4. The van der Waals surface area contributed by atoms with Crippen molar-refractivity contribution in [2.45, 2.75) is 0 Å². The average molecular weight is 364 g/mol. The van der Waals surface area contributed by atoms with Gasteiger partial charge in [-0.15, -0.1) is 0 Å². The molecule has 2 aromatic rings.